The third-order valence-corrected chi connectivity index (χ3v) is 2.57. The molecule has 0 spiro atoms. The van der Waals surface area contributed by atoms with Gasteiger partial charge < -0.3 is 14.8 Å². The van der Waals surface area contributed by atoms with E-state index < -0.39 is 0 Å². The Morgan fingerprint density at radius 2 is 2.06 bits per heavy atom. The van der Waals surface area contributed by atoms with E-state index in [1.165, 1.54) is 7.11 Å². The number of carbonyl (C=O) groups is 1. The SMILES string of the molecule is CNCC(=O)c1cc(OC(C)C)c(OC)cc1Cl. The predicted octanol–water partition coefficient (Wildman–Crippen LogP) is 2.54. The molecule has 1 N–H and O–H groups in total. The zero-order chi connectivity index (χ0) is 13.7. The van der Waals surface area contributed by atoms with Crippen LogP contribution in [0.5, 0.6) is 11.5 Å². The Morgan fingerprint density at radius 3 is 2.56 bits per heavy atom. The second kappa shape index (κ2) is 6.61. The molecule has 18 heavy (non-hydrogen) atoms. The minimum atomic E-state index is -0.0845. The molecule has 0 aromatic heterocycles. The van der Waals surface area contributed by atoms with Gasteiger partial charge in [-0.2, -0.15) is 0 Å². The molecule has 0 heterocycles. The second-order valence-electron chi connectivity index (χ2n) is 4.10. The lowest BCUT2D eigenvalue weighted by atomic mass is 10.1. The minimum Gasteiger partial charge on any atom is -0.493 e. The number of likely N-dealkylation sites (N-methyl/N-ethyl adjacent to an activating group) is 1. The number of hydrogen-bond acceptors (Lipinski definition) is 4. The fraction of sp³-hybridized carbons (Fsp3) is 0.462. The highest BCUT2D eigenvalue weighted by Gasteiger charge is 2.16. The Bertz CT molecular complexity index is 432. The van der Waals surface area contributed by atoms with Crippen molar-refractivity contribution in [2.75, 3.05) is 20.7 Å². The van der Waals surface area contributed by atoms with Crippen molar-refractivity contribution in [1.82, 2.24) is 5.32 Å². The van der Waals surface area contributed by atoms with Crippen LogP contribution < -0.4 is 14.8 Å². The van der Waals surface area contributed by atoms with Crippen LogP contribution in [0.15, 0.2) is 12.1 Å². The van der Waals surface area contributed by atoms with Gasteiger partial charge in [-0.1, -0.05) is 11.6 Å². The summed E-state index contributed by atoms with van der Waals surface area (Å²) in [5, 5.41) is 3.17. The van der Waals surface area contributed by atoms with Crippen LogP contribution in [0.1, 0.15) is 24.2 Å². The first kappa shape index (κ1) is 14.8. The Morgan fingerprint density at radius 1 is 1.39 bits per heavy atom. The molecule has 0 aliphatic carbocycles. The summed E-state index contributed by atoms with van der Waals surface area (Å²) in [4.78, 5) is 11.9. The molecule has 1 aromatic rings. The zero-order valence-corrected chi connectivity index (χ0v) is 11.8. The number of hydrogen-bond donors (Lipinski definition) is 1. The van der Waals surface area contributed by atoms with Gasteiger partial charge in [0, 0.05) is 11.6 Å². The van der Waals surface area contributed by atoms with Crippen LogP contribution in [0.25, 0.3) is 0 Å². The predicted molar refractivity (Wildman–Crippen MR) is 72.0 cm³/mol. The standard InChI is InChI=1S/C13H18ClNO3/c1-8(2)18-13-5-9(11(16)7-15-3)10(14)6-12(13)17-4/h5-6,8,15H,7H2,1-4H3. The topological polar surface area (TPSA) is 47.6 Å². The van der Waals surface area contributed by atoms with Gasteiger partial charge in [-0.15, -0.1) is 0 Å². The van der Waals surface area contributed by atoms with Crippen molar-refractivity contribution in [3.63, 3.8) is 0 Å². The molecule has 0 aliphatic heterocycles. The lowest BCUT2D eigenvalue weighted by Crippen LogP contribution is -2.19. The molecule has 1 rings (SSSR count). The molecule has 0 saturated carbocycles. The van der Waals surface area contributed by atoms with Gasteiger partial charge in [-0.05, 0) is 27.0 Å². The average molecular weight is 272 g/mol. The number of ketones is 1. The highest BCUT2D eigenvalue weighted by molar-refractivity contribution is 6.34. The van der Waals surface area contributed by atoms with Gasteiger partial charge in [0.25, 0.3) is 0 Å². The molecule has 0 aliphatic rings. The molecular weight excluding hydrogens is 254 g/mol. The smallest absolute Gasteiger partial charge is 0.178 e. The molecule has 0 bridgehead atoms. The maximum absolute atomic E-state index is 11.9. The number of halogens is 1. The number of Topliss-reactive ketones (excluding diaryl/α,β-unsaturated/α-hetero) is 1. The average Bonchev–Trinajstić information content (AvgIpc) is 2.30. The van der Waals surface area contributed by atoms with E-state index in [2.05, 4.69) is 5.32 Å². The number of rotatable bonds is 6. The summed E-state index contributed by atoms with van der Waals surface area (Å²) in [6.07, 6.45) is -0.00710. The molecule has 0 radical (unpaired) electrons. The first-order valence-corrected chi connectivity index (χ1v) is 6.09. The van der Waals surface area contributed by atoms with Crippen LogP contribution in [-0.2, 0) is 0 Å². The van der Waals surface area contributed by atoms with Crippen molar-refractivity contribution in [2.24, 2.45) is 0 Å². The highest BCUT2D eigenvalue weighted by atomic mass is 35.5. The molecule has 1 aromatic carbocycles. The molecule has 0 atom stereocenters. The maximum atomic E-state index is 11.9. The summed E-state index contributed by atoms with van der Waals surface area (Å²) in [7, 11) is 3.24. The van der Waals surface area contributed by atoms with Gasteiger partial charge in [0.2, 0.25) is 0 Å². The quantitative estimate of drug-likeness (QED) is 0.808. The molecule has 0 saturated heterocycles. The largest absolute Gasteiger partial charge is 0.493 e. The van der Waals surface area contributed by atoms with Gasteiger partial charge >= 0.3 is 0 Å². The summed E-state index contributed by atoms with van der Waals surface area (Å²) < 4.78 is 10.8. The van der Waals surface area contributed by atoms with Crippen LogP contribution in [0.2, 0.25) is 5.02 Å². The molecule has 4 nitrogen and oxygen atoms in total. The highest BCUT2D eigenvalue weighted by Crippen LogP contribution is 2.34. The van der Waals surface area contributed by atoms with Crippen molar-refractivity contribution in [3.05, 3.63) is 22.7 Å². The minimum absolute atomic E-state index is 0.00710. The number of methoxy groups -OCH3 is 1. The first-order chi connectivity index (χ1) is 8.49. The van der Waals surface area contributed by atoms with Crippen LogP contribution in [-0.4, -0.2) is 32.6 Å². The van der Waals surface area contributed by atoms with E-state index in [-0.39, 0.29) is 18.4 Å². The molecule has 0 unspecified atom stereocenters. The summed E-state index contributed by atoms with van der Waals surface area (Å²) in [5.41, 5.74) is 0.433. The van der Waals surface area contributed by atoms with E-state index in [4.69, 9.17) is 21.1 Å². The summed E-state index contributed by atoms with van der Waals surface area (Å²) in [6.45, 7) is 4.04. The van der Waals surface area contributed by atoms with Gasteiger partial charge in [0.15, 0.2) is 17.3 Å². The Hall–Kier alpha value is -1.26. The first-order valence-electron chi connectivity index (χ1n) is 5.71. The van der Waals surface area contributed by atoms with Gasteiger partial charge in [0.05, 0.1) is 24.8 Å². The fourth-order valence-electron chi connectivity index (χ4n) is 1.51. The van der Waals surface area contributed by atoms with Crippen molar-refractivity contribution >= 4 is 17.4 Å². The molecule has 100 valence electrons. The summed E-state index contributed by atoms with van der Waals surface area (Å²) in [6, 6.07) is 3.23. The Balaban J connectivity index is 3.16. The molecular formula is C13H18ClNO3. The zero-order valence-electron chi connectivity index (χ0n) is 11.0. The van der Waals surface area contributed by atoms with Crippen molar-refractivity contribution < 1.29 is 14.3 Å². The lowest BCUT2D eigenvalue weighted by molar-refractivity contribution is 0.0993. The summed E-state index contributed by atoms with van der Waals surface area (Å²) >= 11 is 6.06. The van der Waals surface area contributed by atoms with Crippen molar-refractivity contribution in [3.8, 4) is 11.5 Å². The van der Waals surface area contributed by atoms with E-state index >= 15 is 0 Å². The van der Waals surface area contributed by atoms with Crippen molar-refractivity contribution in [1.29, 1.82) is 0 Å². The van der Waals surface area contributed by atoms with E-state index in [9.17, 15) is 4.79 Å². The molecule has 0 amide bonds. The van der Waals surface area contributed by atoms with Gasteiger partial charge in [-0.25, -0.2) is 0 Å². The monoisotopic (exact) mass is 271 g/mol. The third-order valence-electron chi connectivity index (χ3n) is 2.25. The number of benzene rings is 1. The van der Waals surface area contributed by atoms with Crippen molar-refractivity contribution in [2.45, 2.75) is 20.0 Å². The number of nitrogens with one attached hydrogen (secondary N) is 1. The van der Waals surface area contributed by atoms with Crippen LogP contribution >= 0.6 is 11.6 Å². The van der Waals surface area contributed by atoms with Crippen LogP contribution in [0.4, 0.5) is 0 Å². The van der Waals surface area contributed by atoms with E-state index in [0.717, 1.165) is 0 Å². The normalized spacial score (nSPS) is 10.6. The van der Waals surface area contributed by atoms with E-state index in [1.54, 1.807) is 19.2 Å². The van der Waals surface area contributed by atoms with E-state index in [1.807, 2.05) is 13.8 Å². The Kier molecular flexibility index (Phi) is 5.44. The maximum Gasteiger partial charge on any atom is 0.178 e. The lowest BCUT2D eigenvalue weighted by Gasteiger charge is -2.15. The second-order valence-corrected chi connectivity index (χ2v) is 4.51. The van der Waals surface area contributed by atoms with Gasteiger partial charge in [0.1, 0.15) is 0 Å². The number of ether oxygens (including phenoxy) is 2. The van der Waals surface area contributed by atoms with Gasteiger partial charge in [-0.3, -0.25) is 4.79 Å². The fourth-order valence-corrected chi connectivity index (χ4v) is 1.77. The van der Waals surface area contributed by atoms with Crippen LogP contribution in [0.3, 0.4) is 0 Å². The Labute approximate surface area is 112 Å². The van der Waals surface area contributed by atoms with E-state index in [0.29, 0.717) is 22.1 Å². The molecule has 0 fully saturated rings. The third kappa shape index (κ3) is 3.62. The number of carbonyl (C=O) groups excluding carboxylic acids is 1. The van der Waals surface area contributed by atoms with Crippen LogP contribution in [0, 0.1) is 0 Å². The summed E-state index contributed by atoms with van der Waals surface area (Å²) in [5.74, 6) is 0.963. The molecule has 5 heteroatoms.